The molecule has 0 unspecified atom stereocenters. The summed E-state index contributed by atoms with van der Waals surface area (Å²) in [6.07, 6.45) is 0. The molecule has 0 aromatic heterocycles. The Bertz CT molecular complexity index is 198. The fourth-order valence-electron chi connectivity index (χ4n) is 0.785. The predicted octanol–water partition coefficient (Wildman–Crippen LogP) is -0.0464. The summed E-state index contributed by atoms with van der Waals surface area (Å²) in [5, 5.41) is 0. The molecule has 1 aromatic rings. The van der Waals surface area contributed by atoms with E-state index in [1.165, 1.54) is 5.46 Å². The van der Waals surface area contributed by atoms with Crippen molar-refractivity contribution in [1.29, 1.82) is 0 Å². The van der Waals surface area contributed by atoms with Crippen molar-refractivity contribution in [3.8, 4) is 5.75 Å². The van der Waals surface area contributed by atoms with Crippen molar-refractivity contribution in [2.24, 2.45) is 0 Å². The molecule has 2 heteroatoms. The van der Waals surface area contributed by atoms with Gasteiger partial charge in [0.05, 0.1) is 7.11 Å². The molecular formula is C7H9BO. The minimum absolute atomic E-state index is 0.956. The first kappa shape index (κ1) is 6.21. The zero-order chi connectivity index (χ0) is 6.69. The number of methoxy groups -OCH3 is 1. The summed E-state index contributed by atoms with van der Waals surface area (Å²) >= 11 is 0. The van der Waals surface area contributed by atoms with Crippen LogP contribution in [0, 0.1) is 0 Å². The molecule has 1 rings (SSSR count). The normalized spacial score (nSPS) is 9.00. The van der Waals surface area contributed by atoms with Gasteiger partial charge in [-0.15, -0.1) is 0 Å². The molecule has 0 saturated carbocycles. The van der Waals surface area contributed by atoms with Crippen LogP contribution in [0.15, 0.2) is 24.3 Å². The van der Waals surface area contributed by atoms with E-state index in [0.29, 0.717) is 0 Å². The van der Waals surface area contributed by atoms with Gasteiger partial charge < -0.3 is 4.74 Å². The van der Waals surface area contributed by atoms with Crippen LogP contribution in [0.2, 0.25) is 0 Å². The summed E-state index contributed by atoms with van der Waals surface area (Å²) < 4.78 is 5.04. The van der Waals surface area contributed by atoms with Crippen LogP contribution in [0.3, 0.4) is 0 Å². The lowest BCUT2D eigenvalue weighted by molar-refractivity contribution is 0.418. The van der Waals surface area contributed by atoms with Gasteiger partial charge in [-0.05, 0) is 11.5 Å². The Balaban J connectivity index is 3.01. The molecule has 1 nitrogen and oxygen atoms in total. The van der Waals surface area contributed by atoms with Gasteiger partial charge >= 0.3 is 0 Å². The van der Waals surface area contributed by atoms with Crippen molar-refractivity contribution in [2.45, 2.75) is 0 Å². The quantitative estimate of drug-likeness (QED) is 0.472. The summed E-state index contributed by atoms with van der Waals surface area (Å²) in [5.41, 5.74) is 1.18. The van der Waals surface area contributed by atoms with Gasteiger partial charge in [-0.3, -0.25) is 0 Å². The zero-order valence-electron chi connectivity index (χ0n) is 5.72. The highest BCUT2D eigenvalue weighted by atomic mass is 16.5. The number of ether oxygens (including phenoxy) is 1. The highest BCUT2D eigenvalue weighted by Crippen LogP contribution is 2.01. The van der Waals surface area contributed by atoms with Gasteiger partial charge in [-0.2, -0.15) is 0 Å². The van der Waals surface area contributed by atoms with Crippen LogP contribution in [0.1, 0.15) is 0 Å². The minimum Gasteiger partial charge on any atom is -0.497 e. The van der Waals surface area contributed by atoms with Gasteiger partial charge in [0.25, 0.3) is 0 Å². The molecule has 0 saturated heterocycles. The van der Waals surface area contributed by atoms with E-state index in [-0.39, 0.29) is 0 Å². The number of para-hydroxylation sites is 1. The van der Waals surface area contributed by atoms with Crippen LogP contribution < -0.4 is 10.2 Å². The second kappa shape index (κ2) is 2.58. The first-order valence-corrected chi connectivity index (χ1v) is 2.94. The zero-order valence-corrected chi connectivity index (χ0v) is 5.72. The molecule has 46 valence electrons. The minimum atomic E-state index is 0.956. The molecule has 0 aliphatic carbocycles. The Labute approximate surface area is 56.1 Å². The standard InChI is InChI=1S/C7H9BO/c1-9-7-5-3-2-4-6(7)8/h2-5H,8H2,1H3. The smallest absolute Gasteiger partial charge is 0.144 e. The van der Waals surface area contributed by atoms with Crippen molar-refractivity contribution in [3.05, 3.63) is 24.3 Å². The Morgan fingerprint density at radius 3 is 2.44 bits per heavy atom. The predicted molar refractivity (Wildman–Crippen MR) is 41.2 cm³/mol. The van der Waals surface area contributed by atoms with Crippen LogP contribution in [0.4, 0.5) is 0 Å². The van der Waals surface area contributed by atoms with Gasteiger partial charge in [-0.25, -0.2) is 0 Å². The average Bonchev–Trinajstić information content (AvgIpc) is 1.89. The average molecular weight is 120 g/mol. The Kier molecular flexibility index (Phi) is 1.78. The molecule has 0 aliphatic heterocycles. The monoisotopic (exact) mass is 120 g/mol. The van der Waals surface area contributed by atoms with Crippen LogP contribution in [0.25, 0.3) is 0 Å². The van der Waals surface area contributed by atoms with Gasteiger partial charge in [0.15, 0.2) is 0 Å². The second-order valence-electron chi connectivity index (χ2n) is 1.97. The summed E-state index contributed by atoms with van der Waals surface area (Å²) in [4.78, 5) is 0. The van der Waals surface area contributed by atoms with Crippen LogP contribution in [-0.2, 0) is 0 Å². The van der Waals surface area contributed by atoms with Gasteiger partial charge in [-0.1, -0.05) is 18.2 Å². The Morgan fingerprint density at radius 1 is 1.33 bits per heavy atom. The molecule has 0 spiro atoms. The topological polar surface area (TPSA) is 9.23 Å². The van der Waals surface area contributed by atoms with Crippen molar-refractivity contribution >= 4 is 13.3 Å². The van der Waals surface area contributed by atoms with E-state index in [0.717, 1.165) is 5.75 Å². The highest BCUT2D eigenvalue weighted by molar-refractivity contribution is 6.34. The fourth-order valence-corrected chi connectivity index (χ4v) is 0.785. The molecule has 0 fully saturated rings. The van der Waals surface area contributed by atoms with E-state index >= 15 is 0 Å². The molecule has 0 atom stereocenters. The molecule has 0 heterocycles. The lowest BCUT2D eigenvalue weighted by Gasteiger charge is -2.00. The van der Waals surface area contributed by atoms with E-state index in [1.54, 1.807) is 7.11 Å². The van der Waals surface area contributed by atoms with Gasteiger partial charge in [0, 0.05) is 0 Å². The third-order valence-corrected chi connectivity index (χ3v) is 1.31. The van der Waals surface area contributed by atoms with Crippen molar-refractivity contribution in [2.75, 3.05) is 7.11 Å². The Hall–Kier alpha value is -0.915. The van der Waals surface area contributed by atoms with E-state index in [1.807, 2.05) is 32.1 Å². The number of hydrogen-bond donors (Lipinski definition) is 0. The first-order chi connectivity index (χ1) is 4.34. The van der Waals surface area contributed by atoms with Crippen LogP contribution in [-0.4, -0.2) is 15.0 Å². The number of benzene rings is 1. The number of hydrogen-bond acceptors (Lipinski definition) is 1. The molecule has 0 radical (unpaired) electrons. The SMILES string of the molecule is Bc1ccccc1OC. The first-order valence-electron chi connectivity index (χ1n) is 2.94. The van der Waals surface area contributed by atoms with Gasteiger partial charge in [0.1, 0.15) is 13.6 Å². The Morgan fingerprint density at radius 2 is 2.00 bits per heavy atom. The second-order valence-corrected chi connectivity index (χ2v) is 1.97. The maximum absolute atomic E-state index is 5.04. The molecular weight excluding hydrogens is 111 g/mol. The summed E-state index contributed by atoms with van der Waals surface area (Å²) in [6.45, 7) is 0. The molecule has 0 bridgehead atoms. The highest BCUT2D eigenvalue weighted by Gasteiger charge is 1.90. The molecule has 9 heavy (non-hydrogen) atoms. The maximum atomic E-state index is 5.04. The van der Waals surface area contributed by atoms with E-state index in [4.69, 9.17) is 4.74 Å². The van der Waals surface area contributed by atoms with Crippen molar-refractivity contribution in [1.82, 2.24) is 0 Å². The fraction of sp³-hybridized carbons (Fsp3) is 0.143. The third kappa shape index (κ3) is 1.25. The van der Waals surface area contributed by atoms with E-state index < -0.39 is 0 Å². The summed E-state index contributed by atoms with van der Waals surface area (Å²) in [6, 6.07) is 7.94. The van der Waals surface area contributed by atoms with Gasteiger partial charge in [0.2, 0.25) is 0 Å². The number of rotatable bonds is 1. The van der Waals surface area contributed by atoms with Crippen molar-refractivity contribution in [3.63, 3.8) is 0 Å². The molecule has 1 aromatic carbocycles. The summed E-state index contributed by atoms with van der Waals surface area (Å²) in [7, 11) is 3.71. The lowest BCUT2D eigenvalue weighted by atomic mass is 9.95. The van der Waals surface area contributed by atoms with Crippen molar-refractivity contribution < 1.29 is 4.74 Å². The van der Waals surface area contributed by atoms with E-state index in [2.05, 4.69) is 0 Å². The van der Waals surface area contributed by atoms with Crippen LogP contribution >= 0.6 is 0 Å². The maximum Gasteiger partial charge on any atom is 0.144 e. The van der Waals surface area contributed by atoms with Crippen LogP contribution in [0.5, 0.6) is 5.75 Å². The van der Waals surface area contributed by atoms with E-state index in [9.17, 15) is 0 Å². The summed E-state index contributed by atoms with van der Waals surface area (Å²) in [5.74, 6) is 0.956. The molecule has 0 N–H and O–H groups in total. The lowest BCUT2D eigenvalue weighted by Crippen LogP contribution is -2.05. The largest absolute Gasteiger partial charge is 0.497 e. The third-order valence-electron chi connectivity index (χ3n) is 1.31. The molecule has 0 aliphatic rings. The molecule has 0 amide bonds.